The number of thiophene rings is 1. The Morgan fingerprint density at radius 3 is 1.76 bits per heavy atom. The minimum atomic E-state index is 0.641. The van der Waals surface area contributed by atoms with Crippen LogP contribution >= 0.6 is 11.3 Å². The van der Waals surface area contributed by atoms with Gasteiger partial charge in [-0.3, -0.25) is 0 Å². The third kappa shape index (κ3) is 5.16. The first-order chi connectivity index (χ1) is 25.3. The van der Waals surface area contributed by atoms with Crippen LogP contribution in [0.25, 0.3) is 98.1 Å². The highest BCUT2D eigenvalue weighted by Crippen LogP contribution is 2.41. The van der Waals surface area contributed by atoms with Crippen molar-refractivity contribution in [3.8, 4) is 55.7 Å². The van der Waals surface area contributed by atoms with Crippen molar-refractivity contribution in [3.05, 3.63) is 176 Å². The van der Waals surface area contributed by atoms with Crippen LogP contribution in [-0.2, 0) is 0 Å². The number of fused-ring (bicyclic) bond motifs is 5. The molecule has 0 aliphatic carbocycles. The zero-order chi connectivity index (χ0) is 33.7. The van der Waals surface area contributed by atoms with E-state index >= 15 is 0 Å². The number of hydrogen-bond donors (Lipinski definition) is 0. The van der Waals surface area contributed by atoms with Crippen molar-refractivity contribution in [2.24, 2.45) is 0 Å². The van der Waals surface area contributed by atoms with E-state index in [1.807, 2.05) is 6.07 Å². The predicted octanol–water partition coefficient (Wildman–Crippen LogP) is 12.9. The van der Waals surface area contributed by atoms with Gasteiger partial charge in [0, 0.05) is 31.8 Å². The molecule has 0 amide bonds. The minimum absolute atomic E-state index is 0.641. The van der Waals surface area contributed by atoms with Gasteiger partial charge in [0.05, 0.1) is 0 Å². The lowest BCUT2D eigenvalue weighted by Gasteiger charge is -2.15. The second kappa shape index (κ2) is 12.1. The monoisotopic (exact) mass is 667 g/mol. The van der Waals surface area contributed by atoms with Gasteiger partial charge in [-0.1, -0.05) is 158 Å². The van der Waals surface area contributed by atoms with Crippen molar-refractivity contribution in [1.82, 2.24) is 15.0 Å². The summed E-state index contributed by atoms with van der Waals surface area (Å²) in [6.45, 7) is 0. The molecule has 10 rings (SSSR count). The van der Waals surface area contributed by atoms with E-state index in [1.165, 1.54) is 36.7 Å². The van der Waals surface area contributed by atoms with Crippen LogP contribution in [0.4, 0.5) is 0 Å². The van der Waals surface area contributed by atoms with Gasteiger partial charge in [0.25, 0.3) is 0 Å². The Morgan fingerprint density at radius 1 is 0.333 bits per heavy atom. The molecular weight excluding hydrogens is 639 g/mol. The molecule has 0 bridgehead atoms. The molecule has 10 aromatic rings. The molecule has 0 aliphatic heterocycles. The Hall–Kier alpha value is -6.49. The first kappa shape index (κ1) is 29.4. The molecule has 0 aliphatic rings. The molecule has 3 nitrogen and oxygen atoms in total. The summed E-state index contributed by atoms with van der Waals surface area (Å²) in [6, 6.07) is 62.2. The van der Waals surface area contributed by atoms with Crippen molar-refractivity contribution in [2.75, 3.05) is 0 Å². The second-order valence-corrected chi connectivity index (χ2v) is 13.9. The van der Waals surface area contributed by atoms with Crippen LogP contribution < -0.4 is 0 Å². The summed E-state index contributed by atoms with van der Waals surface area (Å²) >= 11 is 1.79. The maximum atomic E-state index is 5.37. The van der Waals surface area contributed by atoms with Crippen LogP contribution in [0.3, 0.4) is 0 Å². The van der Waals surface area contributed by atoms with Crippen LogP contribution in [-0.4, -0.2) is 15.0 Å². The van der Waals surface area contributed by atoms with Gasteiger partial charge in [-0.2, -0.15) is 0 Å². The summed E-state index contributed by atoms with van der Waals surface area (Å²) in [5, 5.41) is 8.22. The zero-order valence-corrected chi connectivity index (χ0v) is 28.3. The van der Waals surface area contributed by atoms with E-state index in [0.29, 0.717) is 17.5 Å². The molecule has 8 aromatic carbocycles. The van der Waals surface area contributed by atoms with Gasteiger partial charge in [-0.05, 0) is 67.0 Å². The van der Waals surface area contributed by atoms with Gasteiger partial charge in [0.15, 0.2) is 17.5 Å². The summed E-state index contributed by atoms with van der Waals surface area (Å²) in [5.41, 5.74) is 6.36. The lowest BCUT2D eigenvalue weighted by molar-refractivity contribution is 1.08. The zero-order valence-electron chi connectivity index (χ0n) is 27.5. The normalized spacial score (nSPS) is 11.5. The molecule has 2 heterocycles. The Morgan fingerprint density at radius 2 is 0.941 bits per heavy atom. The number of hydrogen-bond acceptors (Lipinski definition) is 4. The van der Waals surface area contributed by atoms with E-state index in [0.717, 1.165) is 44.0 Å². The molecule has 0 unspecified atom stereocenters. The number of rotatable bonds is 5. The molecule has 0 fully saturated rings. The van der Waals surface area contributed by atoms with E-state index in [4.69, 9.17) is 15.0 Å². The first-order valence-electron chi connectivity index (χ1n) is 17.1. The smallest absolute Gasteiger partial charge is 0.165 e. The van der Waals surface area contributed by atoms with Crippen molar-refractivity contribution >= 4 is 53.7 Å². The highest BCUT2D eigenvalue weighted by molar-refractivity contribution is 7.22. The standard InChI is InChI=1S/C47H29N3S/c1-2-12-30(13-3-1)31-22-24-33(25-23-31)45-48-46(40-20-10-9-19-38(40)43-29-35-16-6-11-21-42(35)51-43)50-47(49-45)44-37-18-8-5-15-34(37)28-41-36-17-7-4-14-32(36)26-27-39(41)44/h1-29H. The van der Waals surface area contributed by atoms with E-state index < -0.39 is 0 Å². The third-order valence-corrected chi connectivity index (χ3v) is 10.9. The summed E-state index contributed by atoms with van der Waals surface area (Å²) in [7, 11) is 0. The Labute approximate surface area is 299 Å². The summed E-state index contributed by atoms with van der Waals surface area (Å²) in [4.78, 5) is 17.1. The Balaban J connectivity index is 1.24. The molecule has 0 saturated heterocycles. The molecule has 0 spiro atoms. The van der Waals surface area contributed by atoms with Crippen molar-refractivity contribution in [3.63, 3.8) is 0 Å². The molecule has 0 N–H and O–H groups in total. The summed E-state index contributed by atoms with van der Waals surface area (Å²) in [6.07, 6.45) is 0. The van der Waals surface area contributed by atoms with Crippen molar-refractivity contribution in [1.29, 1.82) is 0 Å². The largest absolute Gasteiger partial charge is 0.208 e. The van der Waals surface area contributed by atoms with E-state index in [-0.39, 0.29) is 0 Å². The van der Waals surface area contributed by atoms with Crippen molar-refractivity contribution < 1.29 is 0 Å². The molecule has 0 saturated carbocycles. The van der Waals surface area contributed by atoms with Crippen LogP contribution in [0.2, 0.25) is 0 Å². The van der Waals surface area contributed by atoms with Gasteiger partial charge in [0.1, 0.15) is 0 Å². The minimum Gasteiger partial charge on any atom is -0.208 e. The SMILES string of the molecule is c1ccc(-c2ccc(-c3nc(-c4ccccc4-c4cc5ccccc5s4)nc(-c4c5ccccc5cc5c4ccc4ccccc45)n3)cc2)cc1. The van der Waals surface area contributed by atoms with Crippen LogP contribution in [0.15, 0.2) is 176 Å². The molecular formula is C47H29N3S. The third-order valence-electron chi connectivity index (χ3n) is 9.74. The average molecular weight is 668 g/mol. The fourth-order valence-corrected chi connectivity index (χ4v) is 8.35. The van der Waals surface area contributed by atoms with Gasteiger partial charge in [-0.25, -0.2) is 15.0 Å². The van der Waals surface area contributed by atoms with Gasteiger partial charge in [0.2, 0.25) is 0 Å². The number of benzene rings is 8. The van der Waals surface area contributed by atoms with Gasteiger partial charge < -0.3 is 0 Å². The second-order valence-electron chi connectivity index (χ2n) is 12.8. The highest BCUT2D eigenvalue weighted by Gasteiger charge is 2.20. The quantitative estimate of drug-likeness (QED) is 0.135. The first-order valence-corrected chi connectivity index (χ1v) is 17.9. The predicted molar refractivity (Wildman–Crippen MR) is 215 cm³/mol. The average Bonchev–Trinajstić information content (AvgIpc) is 3.65. The fraction of sp³-hybridized carbons (Fsp3) is 0. The number of nitrogens with zero attached hydrogens (tertiary/aromatic N) is 3. The fourth-order valence-electron chi connectivity index (χ4n) is 7.25. The molecule has 238 valence electrons. The Bertz CT molecular complexity index is 2880. The molecule has 4 heteroatoms. The van der Waals surface area contributed by atoms with Crippen LogP contribution in [0.5, 0.6) is 0 Å². The molecule has 0 radical (unpaired) electrons. The van der Waals surface area contributed by atoms with E-state index in [9.17, 15) is 0 Å². The lowest BCUT2D eigenvalue weighted by atomic mass is 9.93. The maximum absolute atomic E-state index is 5.37. The topological polar surface area (TPSA) is 38.7 Å². The van der Waals surface area contributed by atoms with E-state index in [1.54, 1.807) is 11.3 Å². The summed E-state index contributed by atoms with van der Waals surface area (Å²) in [5.74, 6) is 1.95. The number of aromatic nitrogens is 3. The van der Waals surface area contributed by atoms with Gasteiger partial charge in [-0.15, -0.1) is 11.3 Å². The van der Waals surface area contributed by atoms with Gasteiger partial charge >= 0.3 is 0 Å². The molecule has 0 atom stereocenters. The highest BCUT2D eigenvalue weighted by atomic mass is 32.1. The van der Waals surface area contributed by atoms with Crippen LogP contribution in [0.1, 0.15) is 0 Å². The summed E-state index contributed by atoms with van der Waals surface area (Å²) < 4.78 is 1.26. The maximum Gasteiger partial charge on any atom is 0.165 e. The molecule has 51 heavy (non-hydrogen) atoms. The molecule has 2 aromatic heterocycles. The van der Waals surface area contributed by atoms with Crippen LogP contribution in [0, 0.1) is 0 Å². The lowest BCUT2D eigenvalue weighted by Crippen LogP contribution is -2.02. The van der Waals surface area contributed by atoms with Crippen molar-refractivity contribution in [2.45, 2.75) is 0 Å². The Kier molecular flexibility index (Phi) is 7.00. The van der Waals surface area contributed by atoms with E-state index in [2.05, 4.69) is 170 Å².